The van der Waals surface area contributed by atoms with Crippen LogP contribution in [0.1, 0.15) is 61.5 Å². The van der Waals surface area contributed by atoms with Crippen molar-refractivity contribution >= 4 is 23.4 Å². The molecule has 0 radical (unpaired) electrons. The number of nitrogens with zero attached hydrogens (tertiary/aromatic N) is 3. The number of hydrogen-bond acceptors (Lipinski definition) is 7. The van der Waals surface area contributed by atoms with Crippen molar-refractivity contribution in [1.82, 2.24) is 20.1 Å². The van der Waals surface area contributed by atoms with Gasteiger partial charge in [-0.05, 0) is 85.5 Å². The number of halogens is 3. The van der Waals surface area contributed by atoms with Crippen LogP contribution in [0.5, 0.6) is 5.75 Å². The molecule has 0 atom stereocenters. The number of nitrogens with one attached hydrogen (secondary N) is 2. The van der Waals surface area contributed by atoms with Gasteiger partial charge in [0.05, 0.1) is 36.3 Å². The molecule has 3 aromatic carbocycles. The lowest BCUT2D eigenvalue weighted by Gasteiger charge is -2.28. The minimum Gasteiger partial charge on any atom is -0.490 e. The Hall–Kier alpha value is -5.27. The van der Waals surface area contributed by atoms with Crippen LogP contribution in [-0.4, -0.2) is 85.0 Å². The molecular formula is C39H40F3N5O5. The van der Waals surface area contributed by atoms with Gasteiger partial charge >= 0.3 is 6.18 Å². The smallest absolute Gasteiger partial charge is 0.416 e. The summed E-state index contributed by atoms with van der Waals surface area (Å²) in [6, 6.07) is 19.6. The highest BCUT2D eigenvalue weighted by Gasteiger charge is 2.30. The van der Waals surface area contributed by atoms with Gasteiger partial charge in [0.15, 0.2) is 0 Å². The second kappa shape index (κ2) is 16.4. The van der Waals surface area contributed by atoms with Gasteiger partial charge < -0.3 is 25.0 Å². The number of morpholine rings is 1. The zero-order valence-corrected chi connectivity index (χ0v) is 28.7. The minimum atomic E-state index is -4.50. The molecule has 4 aromatic rings. The Morgan fingerprint density at radius 1 is 0.923 bits per heavy atom. The summed E-state index contributed by atoms with van der Waals surface area (Å²) in [5.74, 6) is -0.584. The fourth-order valence-electron chi connectivity index (χ4n) is 5.89. The Kier molecular flexibility index (Phi) is 11.5. The van der Waals surface area contributed by atoms with Gasteiger partial charge in [0.2, 0.25) is 0 Å². The Labute approximate surface area is 299 Å². The normalized spacial score (nSPS) is 15.0. The molecule has 2 fully saturated rings. The fourth-order valence-corrected chi connectivity index (χ4v) is 5.89. The van der Waals surface area contributed by atoms with Gasteiger partial charge in [-0.3, -0.25) is 24.3 Å². The Morgan fingerprint density at radius 3 is 2.42 bits per heavy atom. The number of alkyl halides is 3. The molecular weight excluding hydrogens is 675 g/mol. The molecule has 272 valence electrons. The first-order valence-corrected chi connectivity index (χ1v) is 17.2. The van der Waals surface area contributed by atoms with Gasteiger partial charge in [-0.1, -0.05) is 18.2 Å². The number of anilines is 1. The number of pyridine rings is 1. The van der Waals surface area contributed by atoms with E-state index >= 15 is 0 Å². The van der Waals surface area contributed by atoms with E-state index in [1.165, 1.54) is 24.4 Å². The lowest BCUT2D eigenvalue weighted by molar-refractivity contribution is -0.137. The van der Waals surface area contributed by atoms with Crippen LogP contribution < -0.4 is 15.4 Å². The molecule has 0 bridgehead atoms. The molecule has 0 unspecified atom stereocenters. The number of carbonyl (C=O) groups excluding carboxylic acids is 3. The third kappa shape index (κ3) is 9.33. The van der Waals surface area contributed by atoms with Crippen LogP contribution in [0, 0.1) is 0 Å². The predicted octanol–water partition coefficient (Wildman–Crippen LogP) is 6.29. The van der Waals surface area contributed by atoms with E-state index in [1.807, 2.05) is 0 Å². The maximum Gasteiger partial charge on any atom is 0.416 e. The number of aromatic nitrogens is 1. The number of carbonyl (C=O) groups is 3. The summed E-state index contributed by atoms with van der Waals surface area (Å²) >= 11 is 0. The van der Waals surface area contributed by atoms with E-state index in [9.17, 15) is 27.6 Å². The van der Waals surface area contributed by atoms with E-state index < -0.39 is 23.6 Å². The number of amides is 3. The molecule has 0 spiro atoms. The van der Waals surface area contributed by atoms with Gasteiger partial charge in [0.25, 0.3) is 17.7 Å². The second-order valence-corrected chi connectivity index (χ2v) is 12.9. The molecule has 1 aliphatic heterocycles. The van der Waals surface area contributed by atoms with E-state index in [2.05, 4.69) is 20.5 Å². The van der Waals surface area contributed by atoms with Crippen molar-refractivity contribution in [2.24, 2.45) is 0 Å². The van der Waals surface area contributed by atoms with Gasteiger partial charge in [0.1, 0.15) is 5.75 Å². The summed E-state index contributed by atoms with van der Waals surface area (Å²) in [7, 11) is 1.74. The van der Waals surface area contributed by atoms with Gasteiger partial charge in [-0.25, -0.2) is 0 Å². The quantitative estimate of drug-likeness (QED) is 0.178. The zero-order valence-electron chi connectivity index (χ0n) is 28.7. The first kappa shape index (κ1) is 36.5. The Bertz CT molecular complexity index is 1910. The SMILES string of the molecule is CN(CCN1CCOCC1)C(=O)c1cccc(C(=O)Nc2ccc(OC3CCC3)cc2-c2cc(C(=O)NCc3cccc(C(F)(F)F)c3)ccn2)c1. The van der Waals surface area contributed by atoms with Gasteiger partial charge in [0, 0.05) is 68.2 Å². The maximum absolute atomic E-state index is 13.6. The molecule has 2 aliphatic rings. The van der Waals surface area contributed by atoms with Crippen molar-refractivity contribution in [2.75, 3.05) is 51.8 Å². The first-order chi connectivity index (χ1) is 25.0. The molecule has 13 heteroatoms. The summed E-state index contributed by atoms with van der Waals surface area (Å²) < 4.78 is 51.1. The van der Waals surface area contributed by atoms with E-state index in [4.69, 9.17) is 9.47 Å². The zero-order chi connectivity index (χ0) is 36.7. The van der Waals surface area contributed by atoms with E-state index in [0.29, 0.717) is 53.6 Å². The van der Waals surface area contributed by atoms with Gasteiger partial charge in [-0.15, -0.1) is 0 Å². The number of ether oxygens (including phenoxy) is 2. The van der Waals surface area contributed by atoms with Crippen molar-refractivity contribution in [3.05, 3.63) is 113 Å². The molecule has 1 aromatic heterocycles. The Balaban J connectivity index is 1.18. The highest BCUT2D eigenvalue weighted by Crippen LogP contribution is 2.34. The van der Waals surface area contributed by atoms with Crippen LogP contribution in [0.3, 0.4) is 0 Å². The van der Waals surface area contributed by atoms with Crippen molar-refractivity contribution < 1.29 is 37.0 Å². The average molecular weight is 716 g/mol. The third-order valence-corrected chi connectivity index (χ3v) is 9.17. The largest absolute Gasteiger partial charge is 0.490 e. The van der Waals surface area contributed by atoms with Crippen molar-refractivity contribution in [1.29, 1.82) is 0 Å². The summed E-state index contributed by atoms with van der Waals surface area (Å²) in [6.07, 6.45) is -0.0119. The number of rotatable bonds is 12. The number of hydrogen-bond donors (Lipinski definition) is 2. The minimum absolute atomic E-state index is 0.0847. The predicted molar refractivity (Wildman–Crippen MR) is 189 cm³/mol. The van der Waals surface area contributed by atoms with E-state index in [0.717, 1.165) is 51.0 Å². The molecule has 52 heavy (non-hydrogen) atoms. The van der Waals surface area contributed by atoms with Crippen LogP contribution in [0.2, 0.25) is 0 Å². The molecule has 2 heterocycles. The summed E-state index contributed by atoms with van der Waals surface area (Å²) in [4.78, 5) is 48.4. The molecule has 1 saturated heterocycles. The second-order valence-electron chi connectivity index (χ2n) is 12.9. The molecule has 10 nitrogen and oxygen atoms in total. The highest BCUT2D eigenvalue weighted by molar-refractivity contribution is 6.08. The molecule has 3 amide bonds. The fraction of sp³-hybridized carbons (Fsp3) is 0.333. The average Bonchev–Trinajstić information content (AvgIpc) is 3.14. The van der Waals surface area contributed by atoms with Crippen LogP contribution in [0.25, 0.3) is 11.3 Å². The molecule has 1 aliphatic carbocycles. The molecule has 2 N–H and O–H groups in total. The van der Waals surface area contributed by atoms with Gasteiger partial charge in [-0.2, -0.15) is 13.2 Å². The topological polar surface area (TPSA) is 113 Å². The number of benzene rings is 3. The van der Waals surface area contributed by atoms with Crippen LogP contribution >= 0.6 is 0 Å². The van der Waals surface area contributed by atoms with Crippen molar-refractivity contribution in [3.8, 4) is 17.0 Å². The first-order valence-electron chi connectivity index (χ1n) is 17.2. The van der Waals surface area contributed by atoms with E-state index in [1.54, 1.807) is 60.5 Å². The third-order valence-electron chi connectivity index (χ3n) is 9.17. The van der Waals surface area contributed by atoms with Crippen molar-refractivity contribution in [2.45, 2.75) is 38.1 Å². The monoisotopic (exact) mass is 715 g/mol. The lowest BCUT2D eigenvalue weighted by Crippen LogP contribution is -2.41. The standard InChI is InChI=1S/C39H40F3N5O5/c1-46(15-16-47-17-19-51-20-18-47)38(50)29-7-3-6-27(22-29)37(49)45-34-12-11-32(52-31-9-4-10-31)24-33(34)35-23-28(13-14-43-35)36(48)44-25-26-5-2-8-30(21-26)39(40,41)42/h2-3,5-8,11-14,21-24,31H,4,9-10,15-20,25H2,1H3,(H,44,48)(H,45,49). The van der Waals surface area contributed by atoms with Crippen LogP contribution in [-0.2, 0) is 17.5 Å². The lowest BCUT2D eigenvalue weighted by atomic mass is 9.96. The summed E-state index contributed by atoms with van der Waals surface area (Å²) in [6.45, 7) is 4.14. The summed E-state index contributed by atoms with van der Waals surface area (Å²) in [5, 5.41) is 5.61. The van der Waals surface area contributed by atoms with Crippen LogP contribution in [0.15, 0.2) is 85.1 Å². The van der Waals surface area contributed by atoms with Crippen LogP contribution in [0.4, 0.5) is 18.9 Å². The van der Waals surface area contributed by atoms with Crippen molar-refractivity contribution in [3.63, 3.8) is 0 Å². The number of likely N-dealkylation sites (N-methyl/N-ethyl adjacent to an activating group) is 1. The maximum atomic E-state index is 13.6. The summed E-state index contributed by atoms with van der Waals surface area (Å²) in [5.41, 5.74) is 1.65. The van der Waals surface area contributed by atoms with E-state index in [-0.39, 0.29) is 29.7 Å². The molecule has 1 saturated carbocycles. The molecule has 6 rings (SSSR count). The highest BCUT2D eigenvalue weighted by atomic mass is 19.4. The Morgan fingerprint density at radius 2 is 1.67 bits per heavy atom.